The van der Waals surface area contributed by atoms with Gasteiger partial charge in [0.1, 0.15) is 5.92 Å². The van der Waals surface area contributed by atoms with E-state index in [4.69, 9.17) is 5.26 Å². The van der Waals surface area contributed by atoms with Crippen molar-refractivity contribution in [2.75, 3.05) is 6.61 Å². The molecule has 0 heterocycles. The zero-order valence-electron chi connectivity index (χ0n) is 9.76. The lowest BCUT2D eigenvalue weighted by atomic mass is 10.0. The highest BCUT2D eigenvalue weighted by molar-refractivity contribution is 5.81. The smallest absolute Gasteiger partial charge is 0.237 e. The maximum absolute atomic E-state index is 11.7. The Morgan fingerprint density at radius 1 is 1.47 bits per heavy atom. The van der Waals surface area contributed by atoms with Gasteiger partial charge in [0.2, 0.25) is 5.91 Å². The van der Waals surface area contributed by atoms with E-state index in [2.05, 4.69) is 5.32 Å². The minimum absolute atomic E-state index is 0.183. The number of hydrogen-bond acceptors (Lipinski definition) is 3. The Hall–Kier alpha value is -1.86. The van der Waals surface area contributed by atoms with Crippen LogP contribution in [0.1, 0.15) is 24.9 Å². The molecular weight excluding hydrogens is 216 g/mol. The van der Waals surface area contributed by atoms with Crippen LogP contribution in [-0.2, 0) is 4.79 Å². The normalized spacial score (nSPS) is 13.5. The zero-order valence-corrected chi connectivity index (χ0v) is 9.76. The van der Waals surface area contributed by atoms with Crippen LogP contribution in [0.3, 0.4) is 0 Å². The van der Waals surface area contributed by atoms with Crippen molar-refractivity contribution >= 4 is 5.91 Å². The number of benzene rings is 1. The van der Waals surface area contributed by atoms with E-state index < -0.39 is 12.0 Å². The van der Waals surface area contributed by atoms with Crippen LogP contribution in [0.25, 0.3) is 0 Å². The molecule has 0 spiro atoms. The summed E-state index contributed by atoms with van der Waals surface area (Å²) in [5.41, 5.74) is 0.830. The maximum atomic E-state index is 11.7. The molecule has 0 fully saturated rings. The van der Waals surface area contributed by atoms with Crippen molar-refractivity contribution in [1.29, 1.82) is 5.26 Å². The van der Waals surface area contributed by atoms with Crippen LogP contribution in [-0.4, -0.2) is 17.6 Å². The Morgan fingerprint density at radius 2 is 2.12 bits per heavy atom. The van der Waals surface area contributed by atoms with E-state index in [1.165, 1.54) is 0 Å². The summed E-state index contributed by atoms with van der Waals surface area (Å²) in [6.45, 7) is 1.60. The van der Waals surface area contributed by atoms with Crippen LogP contribution in [0.2, 0.25) is 0 Å². The van der Waals surface area contributed by atoms with Gasteiger partial charge >= 0.3 is 0 Å². The first-order valence-electron chi connectivity index (χ1n) is 5.58. The summed E-state index contributed by atoms with van der Waals surface area (Å²) < 4.78 is 0. The summed E-state index contributed by atoms with van der Waals surface area (Å²) in [5, 5.41) is 20.7. The zero-order chi connectivity index (χ0) is 12.7. The van der Waals surface area contributed by atoms with Crippen molar-refractivity contribution < 1.29 is 9.90 Å². The van der Waals surface area contributed by atoms with Crippen molar-refractivity contribution in [3.05, 3.63) is 35.9 Å². The lowest BCUT2D eigenvalue weighted by molar-refractivity contribution is -0.124. The monoisotopic (exact) mass is 232 g/mol. The highest BCUT2D eigenvalue weighted by atomic mass is 16.3. The van der Waals surface area contributed by atoms with Gasteiger partial charge in [-0.1, -0.05) is 37.3 Å². The second-order valence-electron chi connectivity index (χ2n) is 3.74. The van der Waals surface area contributed by atoms with E-state index in [-0.39, 0.29) is 12.5 Å². The highest BCUT2D eigenvalue weighted by Crippen LogP contribution is 2.13. The third kappa shape index (κ3) is 3.58. The number of carbonyl (C=O) groups excluding carboxylic acids is 1. The number of carbonyl (C=O) groups is 1. The predicted octanol–water partition coefficient (Wildman–Crippen LogP) is 1.39. The minimum Gasteiger partial charge on any atom is -0.394 e. The summed E-state index contributed by atoms with van der Waals surface area (Å²) in [4.78, 5) is 11.7. The fraction of sp³-hybridized carbons (Fsp3) is 0.385. The summed E-state index contributed by atoms with van der Waals surface area (Å²) in [7, 11) is 0. The predicted molar refractivity (Wildman–Crippen MR) is 63.8 cm³/mol. The van der Waals surface area contributed by atoms with E-state index >= 15 is 0 Å². The van der Waals surface area contributed by atoms with Crippen molar-refractivity contribution in [2.24, 2.45) is 5.92 Å². The Morgan fingerprint density at radius 3 is 2.59 bits per heavy atom. The van der Waals surface area contributed by atoms with Gasteiger partial charge in [0, 0.05) is 0 Å². The number of rotatable bonds is 5. The van der Waals surface area contributed by atoms with Gasteiger partial charge in [-0.05, 0) is 12.0 Å². The number of aliphatic hydroxyl groups is 1. The van der Waals surface area contributed by atoms with Gasteiger partial charge in [-0.3, -0.25) is 4.79 Å². The van der Waals surface area contributed by atoms with Crippen molar-refractivity contribution in [2.45, 2.75) is 19.4 Å². The van der Waals surface area contributed by atoms with E-state index in [1.807, 2.05) is 36.4 Å². The van der Waals surface area contributed by atoms with Crippen LogP contribution in [0, 0.1) is 17.2 Å². The third-order valence-electron chi connectivity index (χ3n) is 2.58. The molecule has 0 aliphatic heterocycles. The number of aliphatic hydroxyl groups excluding tert-OH is 1. The maximum Gasteiger partial charge on any atom is 0.237 e. The van der Waals surface area contributed by atoms with Gasteiger partial charge in [0.25, 0.3) is 0 Å². The molecule has 2 atom stereocenters. The third-order valence-corrected chi connectivity index (χ3v) is 2.58. The minimum atomic E-state index is -0.659. The average Bonchev–Trinajstić information content (AvgIpc) is 2.38. The Bertz CT molecular complexity index is 398. The first-order chi connectivity index (χ1) is 8.22. The molecule has 90 valence electrons. The molecule has 4 heteroatoms. The average molecular weight is 232 g/mol. The summed E-state index contributed by atoms with van der Waals surface area (Å²) in [6.07, 6.45) is 0.468. The van der Waals surface area contributed by atoms with E-state index in [0.717, 1.165) is 5.56 Å². The molecule has 0 radical (unpaired) electrons. The summed E-state index contributed by atoms with van der Waals surface area (Å²) >= 11 is 0. The fourth-order valence-electron chi connectivity index (χ4n) is 1.53. The molecule has 0 saturated heterocycles. The van der Waals surface area contributed by atoms with Gasteiger partial charge in [-0.25, -0.2) is 0 Å². The van der Waals surface area contributed by atoms with E-state index in [0.29, 0.717) is 6.42 Å². The Kier molecular flexibility index (Phi) is 5.18. The van der Waals surface area contributed by atoms with Crippen LogP contribution < -0.4 is 5.32 Å². The lowest BCUT2D eigenvalue weighted by Gasteiger charge is -2.18. The molecule has 1 aromatic rings. The molecule has 1 aromatic carbocycles. The molecule has 4 nitrogen and oxygen atoms in total. The van der Waals surface area contributed by atoms with Gasteiger partial charge < -0.3 is 10.4 Å². The van der Waals surface area contributed by atoms with Gasteiger partial charge in [-0.15, -0.1) is 0 Å². The molecule has 0 aliphatic carbocycles. The molecule has 0 aromatic heterocycles. The molecule has 1 rings (SSSR count). The van der Waals surface area contributed by atoms with E-state index in [9.17, 15) is 9.90 Å². The standard InChI is InChI=1S/C13H16N2O2/c1-2-10(8-14)13(17)15-12(9-16)11-6-4-3-5-7-11/h3-7,10,12,16H,2,9H2,1H3,(H,15,17)/t10?,12-/m0/s1. The molecule has 1 unspecified atom stereocenters. The number of nitrogens with zero attached hydrogens (tertiary/aromatic N) is 1. The number of hydrogen-bond donors (Lipinski definition) is 2. The summed E-state index contributed by atoms with van der Waals surface area (Å²) in [5.74, 6) is -0.995. The quantitative estimate of drug-likeness (QED) is 0.805. The van der Waals surface area contributed by atoms with Crippen LogP contribution >= 0.6 is 0 Å². The number of amides is 1. The van der Waals surface area contributed by atoms with Gasteiger partial charge in [0.15, 0.2) is 0 Å². The molecule has 0 saturated carbocycles. The fourth-order valence-corrected chi connectivity index (χ4v) is 1.53. The largest absolute Gasteiger partial charge is 0.394 e. The molecule has 0 bridgehead atoms. The topological polar surface area (TPSA) is 73.1 Å². The first-order valence-corrected chi connectivity index (χ1v) is 5.58. The highest BCUT2D eigenvalue weighted by Gasteiger charge is 2.19. The molecule has 0 aliphatic rings. The van der Waals surface area contributed by atoms with Crippen LogP contribution in [0.15, 0.2) is 30.3 Å². The second kappa shape index (κ2) is 6.66. The first kappa shape index (κ1) is 13.2. The second-order valence-corrected chi connectivity index (χ2v) is 3.74. The molecule has 17 heavy (non-hydrogen) atoms. The Labute approximate surface area is 101 Å². The Balaban J connectivity index is 2.72. The van der Waals surface area contributed by atoms with Gasteiger partial charge in [0.05, 0.1) is 18.7 Å². The summed E-state index contributed by atoms with van der Waals surface area (Å²) in [6, 6.07) is 10.7. The van der Waals surface area contributed by atoms with Crippen molar-refractivity contribution in [3.8, 4) is 6.07 Å². The number of nitriles is 1. The lowest BCUT2D eigenvalue weighted by Crippen LogP contribution is -2.35. The molecule has 1 amide bonds. The van der Waals surface area contributed by atoms with Crippen LogP contribution in [0.4, 0.5) is 0 Å². The van der Waals surface area contributed by atoms with Crippen LogP contribution in [0.5, 0.6) is 0 Å². The number of nitrogens with one attached hydrogen (secondary N) is 1. The molecular formula is C13H16N2O2. The van der Waals surface area contributed by atoms with Crippen molar-refractivity contribution in [3.63, 3.8) is 0 Å². The SMILES string of the molecule is CCC(C#N)C(=O)N[C@@H](CO)c1ccccc1. The van der Waals surface area contributed by atoms with E-state index in [1.54, 1.807) is 6.92 Å². The van der Waals surface area contributed by atoms with Crippen molar-refractivity contribution in [1.82, 2.24) is 5.32 Å². The van der Waals surface area contributed by atoms with Gasteiger partial charge in [-0.2, -0.15) is 5.26 Å². The molecule has 2 N–H and O–H groups in total.